The molecule has 3 heterocycles. The first-order chi connectivity index (χ1) is 23.8. The average Bonchev–Trinajstić information content (AvgIpc) is 3.69. The maximum Gasteiger partial charge on any atom is 0.160 e. The highest BCUT2D eigenvalue weighted by Crippen LogP contribution is 2.53. The van der Waals surface area contributed by atoms with Gasteiger partial charge in [-0.15, -0.1) is 0 Å². The molecule has 8 aromatic rings. The third-order valence-electron chi connectivity index (χ3n) is 11.2. The highest BCUT2D eigenvalue weighted by Gasteiger charge is 2.42. The van der Waals surface area contributed by atoms with Gasteiger partial charge in [0.2, 0.25) is 0 Å². The van der Waals surface area contributed by atoms with Gasteiger partial charge in [0.1, 0.15) is 8.07 Å². The highest BCUT2D eigenvalue weighted by molar-refractivity contribution is 7.04. The number of rotatable bonds is 3. The lowest BCUT2D eigenvalue weighted by Crippen LogP contribution is -2.50. The van der Waals surface area contributed by atoms with E-state index in [1.807, 2.05) is 6.07 Å². The molecule has 3 nitrogen and oxygen atoms in total. The molecular weight excluding hydrogens is 611 g/mol. The van der Waals surface area contributed by atoms with Gasteiger partial charge < -0.3 is 4.57 Å². The van der Waals surface area contributed by atoms with Crippen molar-refractivity contribution in [2.24, 2.45) is 0 Å². The maximum absolute atomic E-state index is 5.36. The summed E-state index contributed by atoms with van der Waals surface area (Å²) < 4.78 is 2.50. The van der Waals surface area contributed by atoms with E-state index in [0.717, 1.165) is 34.0 Å². The predicted octanol–water partition coefficient (Wildman–Crippen LogP) is 10.0. The number of nitrogens with zero attached hydrogens (tertiary/aromatic N) is 3. The summed E-state index contributed by atoms with van der Waals surface area (Å²) in [5, 5.41) is 5.34. The summed E-state index contributed by atoms with van der Waals surface area (Å²) in [6.07, 6.45) is 0. The van der Waals surface area contributed by atoms with E-state index >= 15 is 0 Å². The predicted molar refractivity (Wildman–Crippen MR) is 207 cm³/mol. The fraction of sp³-hybridized carbons (Fsp3) is 0.111. The Morgan fingerprint density at radius 3 is 2.04 bits per heavy atom. The van der Waals surface area contributed by atoms with Gasteiger partial charge in [-0.25, -0.2) is 9.97 Å². The number of para-hydroxylation sites is 1. The summed E-state index contributed by atoms with van der Waals surface area (Å²) in [5.41, 5.74) is 14.6. The van der Waals surface area contributed by atoms with Gasteiger partial charge in [0.25, 0.3) is 0 Å². The zero-order chi connectivity index (χ0) is 33.1. The van der Waals surface area contributed by atoms with E-state index in [4.69, 9.17) is 9.97 Å². The number of fused-ring (bicyclic) bond motifs is 10. The molecular formula is C45H35N3Si. The lowest BCUT2D eigenvalue weighted by Gasteiger charge is -2.24. The third kappa shape index (κ3) is 3.83. The van der Waals surface area contributed by atoms with Crippen LogP contribution in [-0.2, 0) is 5.41 Å². The smallest absolute Gasteiger partial charge is 0.160 e. The summed E-state index contributed by atoms with van der Waals surface area (Å²) >= 11 is 0. The Morgan fingerprint density at radius 1 is 0.551 bits per heavy atom. The second kappa shape index (κ2) is 9.97. The lowest BCUT2D eigenvalue weighted by molar-refractivity contribution is 0.664. The van der Waals surface area contributed by atoms with Gasteiger partial charge in [-0.3, -0.25) is 0 Å². The molecule has 4 heteroatoms. The van der Waals surface area contributed by atoms with Crippen LogP contribution < -0.4 is 10.4 Å². The minimum Gasteiger partial charge on any atom is -0.309 e. The van der Waals surface area contributed by atoms with Crippen molar-refractivity contribution < 1.29 is 0 Å². The molecule has 0 fully saturated rings. The molecule has 0 amide bonds. The normalized spacial score (nSPS) is 14.9. The molecule has 1 aliphatic heterocycles. The fourth-order valence-corrected chi connectivity index (χ4v) is 12.1. The Kier molecular flexibility index (Phi) is 5.79. The summed E-state index contributed by atoms with van der Waals surface area (Å²) in [4.78, 5) is 10.6. The van der Waals surface area contributed by atoms with Gasteiger partial charge in [-0.1, -0.05) is 148 Å². The van der Waals surface area contributed by atoms with Crippen LogP contribution in [0.2, 0.25) is 13.1 Å². The molecule has 49 heavy (non-hydrogen) atoms. The molecule has 0 N–H and O–H groups in total. The summed E-state index contributed by atoms with van der Waals surface area (Å²) in [7, 11) is -2.06. The van der Waals surface area contributed by atoms with E-state index in [9.17, 15) is 0 Å². The second-order valence-electron chi connectivity index (χ2n) is 14.6. The molecule has 0 radical (unpaired) electrons. The Hall–Kier alpha value is -5.58. The first-order valence-electron chi connectivity index (χ1n) is 17.2. The first kappa shape index (κ1) is 28.4. The van der Waals surface area contributed by atoms with E-state index in [-0.39, 0.29) is 5.41 Å². The minimum absolute atomic E-state index is 0.127. The summed E-state index contributed by atoms with van der Waals surface area (Å²) in [5.74, 6) is 0.777. The summed E-state index contributed by atoms with van der Waals surface area (Å²) in [6.45, 7) is 9.65. The number of hydrogen-bond donors (Lipinski definition) is 0. The Morgan fingerprint density at radius 2 is 1.22 bits per heavy atom. The zero-order valence-corrected chi connectivity index (χ0v) is 29.1. The molecule has 0 spiro atoms. The topological polar surface area (TPSA) is 30.7 Å². The monoisotopic (exact) mass is 645 g/mol. The molecule has 1 aliphatic carbocycles. The molecule has 0 atom stereocenters. The fourth-order valence-electron chi connectivity index (χ4n) is 8.89. The number of benzene rings is 6. The highest BCUT2D eigenvalue weighted by atomic mass is 28.3. The van der Waals surface area contributed by atoms with Crippen molar-refractivity contribution in [2.75, 3.05) is 0 Å². The molecule has 2 aromatic heterocycles. The van der Waals surface area contributed by atoms with E-state index in [0.29, 0.717) is 0 Å². The first-order valence-corrected chi connectivity index (χ1v) is 20.2. The Labute approximate surface area is 287 Å². The van der Waals surface area contributed by atoms with Crippen molar-refractivity contribution in [3.05, 3.63) is 151 Å². The Bertz CT molecular complexity index is 2650. The van der Waals surface area contributed by atoms with Crippen molar-refractivity contribution in [1.82, 2.24) is 14.5 Å². The molecule has 0 bridgehead atoms. The Balaban J connectivity index is 1.20. The van der Waals surface area contributed by atoms with Crippen LogP contribution in [0.5, 0.6) is 0 Å². The summed E-state index contributed by atoms with van der Waals surface area (Å²) in [6, 6.07) is 50.8. The number of hydrogen-bond acceptors (Lipinski definition) is 2. The van der Waals surface area contributed by atoms with Crippen LogP contribution in [0.25, 0.3) is 72.5 Å². The molecule has 0 saturated heterocycles. The lowest BCUT2D eigenvalue weighted by atomic mass is 9.81. The van der Waals surface area contributed by atoms with Crippen LogP contribution in [-0.4, -0.2) is 22.6 Å². The van der Waals surface area contributed by atoms with Crippen LogP contribution >= 0.6 is 0 Å². The van der Waals surface area contributed by atoms with Crippen LogP contribution in [0.15, 0.2) is 140 Å². The van der Waals surface area contributed by atoms with Crippen molar-refractivity contribution >= 4 is 40.3 Å². The van der Waals surface area contributed by atoms with Crippen molar-refractivity contribution in [3.8, 4) is 50.7 Å². The standard InChI is InChI=1S/C45H35N3Si/c1-45(2)36-19-11-8-16-31(36)33-26-27-34-32-17-9-12-20-37(32)48(42(34)39(33)45)30-24-22-28(23-25-30)40-43-41(35-18-10-13-21-38(35)49(43,3)4)47-44(46-40)29-14-6-5-7-15-29/h5-27H,1-4H3. The SMILES string of the molecule is CC1(C)c2ccccc2-c2ccc3c4ccccc4n(-c4ccc(-c5nc(-c6ccccc6)nc6c5[Si](C)(C)c5ccccc5-6)cc4)c3c21. The van der Waals surface area contributed by atoms with Gasteiger partial charge in [0.05, 0.1) is 22.4 Å². The van der Waals surface area contributed by atoms with Gasteiger partial charge in [0.15, 0.2) is 5.82 Å². The van der Waals surface area contributed by atoms with E-state index in [1.54, 1.807) is 0 Å². The average molecular weight is 646 g/mol. The molecule has 0 unspecified atom stereocenters. The third-order valence-corrected chi connectivity index (χ3v) is 14.7. The van der Waals surface area contributed by atoms with Crippen LogP contribution in [0.1, 0.15) is 25.0 Å². The van der Waals surface area contributed by atoms with E-state index in [1.165, 1.54) is 60.0 Å². The van der Waals surface area contributed by atoms with Gasteiger partial charge in [0, 0.05) is 33.0 Å². The second-order valence-corrected chi connectivity index (χ2v) is 18.9. The quantitative estimate of drug-likeness (QED) is 0.179. The molecule has 6 aromatic carbocycles. The van der Waals surface area contributed by atoms with Crippen molar-refractivity contribution in [2.45, 2.75) is 32.4 Å². The minimum atomic E-state index is -2.06. The zero-order valence-electron chi connectivity index (χ0n) is 28.1. The van der Waals surface area contributed by atoms with Gasteiger partial charge in [-0.2, -0.15) is 0 Å². The molecule has 10 rings (SSSR count). The van der Waals surface area contributed by atoms with Crippen LogP contribution in [0.4, 0.5) is 0 Å². The van der Waals surface area contributed by atoms with E-state index < -0.39 is 8.07 Å². The van der Waals surface area contributed by atoms with E-state index in [2.05, 4.69) is 165 Å². The molecule has 234 valence electrons. The van der Waals surface area contributed by atoms with Crippen LogP contribution in [0, 0.1) is 0 Å². The van der Waals surface area contributed by atoms with Crippen molar-refractivity contribution in [1.29, 1.82) is 0 Å². The molecule has 2 aliphatic rings. The van der Waals surface area contributed by atoms with Gasteiger partial charge in [-0.05, 0) is 56.4 Å². The van der Waals surface area contributed by atoms with Crippen molar-refractivity contribution in [3.63, 3.8) is 0 Å². The van der Waals surface area contributed by atoms with Crippen LogP contribution in [0.3, 0.4) is 0 Å². The maximum atomic E-state index is 5.36. The van der Waals surface area contributed by atoms with Gasteiger partial charge >= 0.3 is 0 Å². The largest absolute Gasteiger partial charge is 0.309 e. The molecule has 0 saturated carbocycles. The number of aromatic nitrogens is 3.